The second kappa shape index (κ2) is 4.61. The number of benzene rings is 1. The van der Waals surface area contributed by atoms with E-state index in [0.717, 1.165) is 17.0 Å². The van der Waals surface area contributed by atoms with E-state index in [1.54, 1.807) is 0 Å². The van der Waals surface area contributed by atoms with Crippen molar-refractivity contribution in [3.8, 4) is 10.6 Å². The summed E-state index contributed by atoms with van der Waals surface area (Å²) in [7, 11) is 0. The summed E-state index contributed by atoms with van der Waals surface area (Å²) < 4.78 is 3.97. The summed E-state index contributed by atoms with van der Waals surface area (Å²) in [4.78, 5) is 4.16. The Morgan fingerprint density at radius 2 is 1.94 bits per heavy atom. The van der Waals surface area contributed by atoms with Gasteiger partial charge in [0.1, 0.15) is 5.01 Å². The zero-order valence-corrected chi connectivity index (χ0v) is 10.3. The average molecular weight is 233 g/mol. The van der Waals surface area contributed by atoms with Gasteiger partial charge in [-0.1, -0.05) is 38.1 Å². The van der Waals surface area contributed by atoms with Crippen LogP contribution in [0.5, 0.6) is 0 Å². The molecular weight excluding hydrogens is 218 g/mol. The standard InChI is InChI=1S/C12H15N3S/c1-8(2)7-9-3-5-10(6-4-9)11-14-12(13)15-16-11/h3-6,8H,7H2,1-2H3,(H2,13,15). The van der Waals surface area contributed by atoms with Crippen molar-refractivity contribution < 1.29 is 0 Å². The molecular formula is C12H15N3S. The highest BCUT2D eigenvalue weighted by Crippen LogP contribution is 2.22. The molecule has 0 fully saturated rings. The fraction of sp³-hybridized carbons (Fsp3) is 0.333. The van der Waals surface area contributed by atoms with Crippen molar-refractivity contribution in [3.05, 3.63) is 29.8 Å². The number of nitrogen functional groups attached to an aromatic ring is 1. The maximum absolute atomic E-state index is 5.50. The molecule has 1 heterocycles. The number of hydrogen-bond acceptors (Lipinski definition) is 4. The van der Waals surface area contributed by atoms with E-state index < -0.39 is 0 Å². The van der Waals surface area contributed by atoms with Gasteiger partial charge < -0.3 is 5.73 Å². The summed E-state index contributed by atoms with van der Waals surface area (Å²) in [5, 5.41) is 0.883. The van der Waals surface area contributed by atoms with E-state index in [4.69, 9.17) is 5.73 Å². The van der Waals surface area contributed by atoms with Crippen LogP contribution in [0.3, 0.4) is 0 Å². The van der Waals surface area contributed by atoms with Gasteiger partial charge in [0.25, 0.3) is 0 Å². The fourth-order valence-corrected chi connectivity index (χ4v) is 2.20. The summed E-state index contributed by atoms with van der Waals surface area (Å²) >= 11 is 1.34. The van der Waals surface area contributed by atoms with Gasteiger partial charge in [0.2, 0.25) is 5.95 Å². The molecule has 0 aliphatic heterocycles. The van der Waals surface area contributed by atoms with E-state index >= 15 is 0 Å². The van der Waals surface area contributed by atoms with E-state index in [1.807, 2.05) is 0 Å². The molecule has 0 bridgehead atoms. The summed E-state index contributed by atoms with van der Waals surface area (Å²) in [5.41, 5.74) is 7.94. The minimum atomic E-state index is 0.353. The van der Waals surface area contributed by atoms with Crippen LogP contribution < -0.4 is 5.73 Å². The van der Waals surface area contributed by atoms with Gasteiger partial charge in [0.05, 0.1) is 0 Å². The van der Waals surface area contributed by atoms with Crippen LogP contribution in [-0.4, -0.2) is 9.36 Å². The SMILES string of the molecule is CC(C)Cc1ccc(-c2nc(N)ns2)cc1. The summed E-state index contributed by atoms with van der Waals surface area (Å²) in [6.07, 6.45) is 1.11. The number of nitrogens with two attached hydrogens (primary N) is 1. The molecule has 1 aromatic carbocycles. The van der Waals surface area contributed by atoms with Crippen molar-refractivity contribution in [2.45, 2.75) is 20.3 Å². The Hall–Kier alpha value is -1.42. The summed E-state index contributed by atoms with van der Waals surface area (Å²) in [5.74, 6) is 1.04. The van der Waals surface area contributed by atoms with Crippen molar-refractivity contribution in [1.82, 2.24) is 9.36 Å². The molecule has 4 heteroatoms. The Balaban J connectivity index is 2.19. The molecule has 3 nitrogen and oxygen atoms in total. The smallest absolute Gasteiger partial charge is 0.232 e. The zero-order valence-electron chi connectivity index (χ0n) is 9.47. The third kappa shape index (κ3) is 2.58. The van der Waals surface area contributed by atoms with Crippen LogP contribution in [0, 0.1) is 5.92 Å². The molecule has 0 saturated heterocycles. The Labute approximate surface area is 99.5 Å². The first-order chi connectivity index (χ1) is 7.65. The van der Waals surface area contributed by atoms with Gasteiger partial charge in [-0.2, -0.15) is 9.36 Å². The predicted octanol–water partition coefficient (Wildman–Crippen LogP) is 2.99. The molecule has 2 N–H and O–H groups in total. The van der Waals surface area contributed by atoms with Gasteiger partial charge in [0.15, 0.2) is 0 Å². The molecule has 2 rings (SSSR count). The Morgan fingerprint density at radius 1 is 1.25 bits per heavy atom. The predicted molar refractivity (Wildman–Crippen MR) is 68.3 cm³/mol. The first-order valence-corrected chi connectivity index (χ1v) is 6.11. The minimum Gasteiger partial charge on any atom is -0.367 e. The lowest BCUT2D eigenvalue weighted by molar-refractivity contribution is 0.647. The molecule has 2 aromatic rings. The minimum absolute atomic E-state index is 0.353. The first-order valence-electron chi connectivity index (χ1n) is 5.33. The van der Waals surface area contributed by atoms with Crippen molar-refractivity contribution in [3.63, 3.8) is 0 Å². The Kier molecular flexibility index (Phi) is 3.19. The maximum Gasteiger partial charge on any atom is 0.232 e. The van der Waals surface area contributed by atoms with Gasteiger partial charge in [-0.25, -0.2) is 0 Å². The zero-order chi connectivity index (χ0) is 11.5. The molecule has 0 aliphatic carbocycles. The molecule has 1 aromatic heterocycles. The van der Waals surface area contributed by atoms with Crippen LogP contribution in [0.4, 0.5) is 5.95 Å². The second-order valence-corrected chi connectivity index (χ2v) is 5.00. The normalized spacial score (nSPS) is 10.9. The van der Waals surface area contributed by atoms with Crippen LogP contribution in [0.25, 0.3) is 10.6 Å². The molecule has 0 spiro atoms. The number of rotatable bonds is 3. The lowest BCUT2D eigenvalue weighted by Crippen LogP contribution is -1.93. The van der Waals surface area contributed by atoms with E-state index in [0.29, 0.717) is 11.9 Å². The molecule has 0 radical (unpaired) electrons. The monoisotopic (exact) mass is 233 g/mol. The fourth-order valence-electron chi connectivity index (χ4n) is 1.61. The van der Waals surface area contributed by atoms with Crippen molar-refractivity contribution in [2.24, 2.45) is 5.92 Å². The lowest BCUT2D eigenvalue weighted by Gasteiger charge is -2.04. The molecule has 0 amide bonds. The summed E-state index contributed by atoms with van der Waals surface area (Å²) in [6, 6.07) is 8.45. The van der Waals surface area contributed by atoms with Crippen molar-refractivity contribution in [2.75, 3.05) is 5.73 Å². The second-order valence-electron chi connectivity index (χ2n) is 4.25. The van der Waals surface area contributed by atoms with E-state index in [-0.39, 0.29) is 0 Å². The van der Waals surface area contributed by atoms with Crippen molar-refractivity contribution in [1.29, 1.82) is 0 Å². The van der Waals surface area contributed by atoms with E-state index in [2.05, 4.69) is 47.5 Å². The summed E-state index contributed by atoms with van der Waals surface area (Å²) in [6.45, 7) is 4.44. The third-order valence-corrected chi connectivity index (χ3v) is 3.06. The number of hydrogen-bond donors (Lipinski definition) is 1. The molecule has 0 aliphatic rings. The van der Waals surface area contributed by atoms with Gasteiger partial charge in [-0.05, 0) is 29.4 Å². The van der Waals surface area contributed by atoms with Gasteiger partial charge in [0, 0.05) is 5.56 Å². The van der Waals surface area contributed by atoms with Gasteiger partial charge >= 0.3 is 0 Å². The quantitative estimate of drug-likeness (QED) is 0.886. The Morgan fingerprint density at radius 3 is 2.44 bits per heavy atom. The first kappa shape index (κ1) is 11.1. The largest absolute Gasteiger partial charge is 0.367 e. The Bertz CT molecular complexity index is 459. The molecule has 16 heavy (non-hydrogen) atoms. The lowest BCUT2D eigenvalue weighted by atomic mass is 10.0. The number of aromatic nitrogens is 2. The van der Waals surface area contributed by atoms with Gasteiger partial charge in [-0.3, -0.25) is 0 Å². The average Bonchev–Trinajstić information content (AvgIpc) is 2.65. The van der Waals surface area contributed by atoms with Crippen LogP contribution in [0.2, 0.25) is 0 Å². The number of nitrogens with zero attached hydrogens (tertiary/aromatic N) is 2. The van der Waals surface area contributed by atoms with Crippen LogP contribution in [0.15, 0.2) is 24.3 Å². The topological polar surface area (TPSA) is 51.8 Å². The highest BCUT2D eigenvalue weighted by atomic mass is 32.1. The van der Waals surface area contributed by atoms with E-state index in [9.17, 15) is 0 Å². The molecule has 0 atom stereocenters. The van der Waals surface area contributed by atoms with Crippen LogP contribution in [-0.2, 0) is 6.42 Å². The molecule has 84 valence electrons. The van der Waals surface area contributed by atoms with Crippen LogP contribution >= 0.6 is 11.5 Å². The van der Waals surface area contributed by atoms with Crippen molar-refractivity contribution >= 4 is 17.5 Å². The highest BCUT2D eigenvalue weighted by molar-refractivity contribution is 7.09. The molecule has 0 unspecified atom stereocenters. The van der Waals surface area contributed by atoms with Crippen LogP contribution in [0.1, 0.15) is 19.4 Å². The van der Waals surface area contributed by atoms with E-state index in [1.165, 1.54) is 17.1 Å². The highest BCUT2D eigenvalue weighted by Gasteiger charge is 2.04. The third-order valence-electron chi connectivity index (χ3n) is 2.29. The molecule has 0 saturated carbocycles. The number of anilines is 1. The maximum atomic E-state index is 5.50. The van der Waals surface area contributed by atoms with Gasteiger partial charge in [-0.15, -0.1) is 0 Å².